The average molecular weight is 282 g/mol. The van der Waals surface area contributed by atoms with Crippen LogP contribution in [0.25, 0.3) is 0 Å². The predicted octanol–water partition coefficient (Wildman–Crippen LogP) is 1.87. The van der Waals surface area contributed by atoms with Crippen LogP contribution in [0.5, 0.6) is 0 Å². The maximum absolute atomic E-state index is 12.2. The Kier molecular flexibility index (Phi) is 5.82. The first-order valence-corrected chi connectivity index (χ1v) is 7.80. The van der Waals surface area contributed by atoms with Gasteiger partial charge in [0, 0.05) is 18.0 Å². The summed E-state index contributed by atoms with van der Waals surface area (Å²) in [6.45, 7) is 5.48. The first-order valence-electron chi connectivity index (χ1n) is 6.92. The molecule has 0 aliphatic carbocycles. The summed E-state index contributed by atoms with van der Waals surface area (Å²) in [6, 6.07) is 4.10. The zero-order valence-corrected chi connectivity index (χ0v) is 12.2. The van der Waals surface area contributed by atoms with E-state index in [1.807, 2.05) is 23.3 Å². The zero-order valence-electron chi connectivity index (χ0n) is 11.4. The van der Waals surface area contributed by atoms with Crippen molar-refractivity contribution >= 4 is 17.2 Å². The molecule has 106 valence electrons. The van der Waals surface area contributed by atoms with E-state index in [-0.39, 0.29) is 12.0 Å². The number of thiophene rings is 1. The van der Waals surface area contributed by atoms with Crippen LogP contribution in [0.3, 0.4) is 0 Å². The van der Waals surface area contributed by atoms with Crippen LogP contribution in [0.15, 0.2) is 17.5 Å². The second-order valence-electron chi connectivity index (χ2n) is 4.77. The number of carbonyl (C=O) groups excluding carboxylic acids is 1. The van der Waals surface area contributed by atoms with Crippen LogP contribution in [0, 0.1) is 0 Å². The van der Waals surface area contributed by atoms with E-state index in [1.54, 1.807) is 11.3 Å². The van der Waals surface area contributed by atoms with Crippen molar-refractivity contribution in [2.75, 3.05) is 26.2 Å². The lowest BCUT2D eigenvalue weighted by Gasteiger charge is -2.25. The number of hydrogen-bond donors (Lipinski definition) is 1. The predicted molar refractivity (Wildman–Crippen MR) is 77.3 cm³/mol. The van der Waals surface area contributed by atoms with E-state index < -0.39 is 0 Å². The van der Waals surface area contributed by atoms with Gasteiger partial charge >= 0.3 is 0 Å². The van der Waals surface area contributed by atoms with Gasteiger partial charge in [-0.1, -0.05) is 13.0 Å². The normalized spacial score (nSPS) is 18.7. The van der Waals surface area contributed by atoms with Crippen molar-refractivity contribution < 1.29 is 9.53 Å². The van der Waals surface area contributed by atoms with Crippen molar-refractivity contribution in [3.05, 3.63) is 22.4 Å². The molecular formula is C14H22N2O2S. The van der Waals surface area contributed by atoms with Gasteiger partial charge in [-0.3, -0.25) is 4.79 Å². The lowest BCUT2D eigenvalue weighted by molar-refractivity contribution is -0.132. The van der Waals surface area contributed by atoms with E-state index in [1.165, 1.54) is 4.88 Å². The molecule has 1 saturated heterocycles. The van der Waals surface area contributed by atoms with Gasteiger partial charge in [0.25, 0.3) is 0 Å². The van der Waals surface area contributed by atoms with Crippen LogP contribution < -0.4 is 5.32 Å². The van der Waals surface area contributed by atoms with Crippen LogP contribution in [0.2, 0.25) is 0 Å². The average Bonchev–Trinajstić information content (AvgIpc) is 3.08. The molecule has 2 heterocycles. The summed E-state index contributed by atoms with van der Waals surface area (Å²) in [4.78, 5) is 15.4. The van der Waals surface area contributed by atoms with E-state index in [0.29, 0.717) is 19.6 Å². The zero-order chi connectivity index (χ0) is 13.5. The van der Waals surface area contributed by atoms with Crippen molar-refractivity contribution in [1.29, 1.82) is 0 Å². The highest BCUT2D eigenvalue weighted by atomic mass is 32.1. The van der Waals surface area contributed by atoms with Gasteiger partial charge in [-0.2, -0.15) is 0 Å². The highest BCUT2D eigenvalue weighted by Gasteiger charge is 2.22. The van der Waals surface area contributed by atoms with Crippen LogP contribution >= 0.6 is 11.3 Å². The second-order valence-corrected chi connectivity index (χ2v) is 5.80. The fourth-order valence-corrected chi connectivity index (χ4v) is 2.94. The molecule has 5 heteroatoms. The van der Waals surface area contributed by atoms with Crippen molar-refractivity contribution in [2.24, 2.45) is 0 Å². The number of rotatable bonds is 7. The van der Waals surface area contributed by atoms with Crippen molar-refractivity contribution in [3.63, 3.8) is 0 Å². The highest BCUT2D eigenvalue weighted by molar-refractivity contribution is 7.09. The Bertz CT molecular complexity index is 375. The van der Waals surface area contributed by atoms with E-state index in [2.05, 4.69) is 11.4 Å². The van der Waals surface area contributed by atoms with Crippen molar-refractivity contribution in [1.82, 2.24) is 10.2 Å². The highest BCUT2D eigenvalue weighted by Crippen LogP contribution is 2.17. The number of likely N-dealkylation sites (N-methyl/N-ethyl adjacent to an activating group) is 1. The molecule has 19 heavy (non-hydrogen) atoms. The fourth-order valence-electron chi connectivity index (χ4n) is 2.22. The topological polar surface area (TPSA) is 41.6 Å². The molecule has 1 amide bonds. The van der Waals surface area contributed by atoms with E-state index >= 15 is 0 Å². The van der Waals surface area contributed by atoms with Crippen molar-refractivity contribution in [3.8, 4) is 0 Å². The minimum Gasteiger partial charge on any atom is -0.376 e. The van der Waals surface area contributed by atoms with Crippen molar-refractivity contribution in [2.45, 2.75) is 32.4 Å². The molecule has 4 nitrogen and oxygen atoms in total. The molecule has 1 atom stereocenters. The van der Waals surface area contributed by atoms with Gasteiger partial charge in [0.2, 0.25) is 5.91 Å². The first kappa shape index (κ1) is 14.5. The molecular weight excluding hydrogens is 260 g/mol. The molecule has 0 aromatic carbocycles. The molecule has 2 rings (SSSR count). The van der Waals surface area contributed by atoms with Gasteiger partial charge < -0.3 is 15.0 Å². The number of amides is 1. The van der Waals surface area contributed by atoms with Gasteiger partial charge in [0.1, 0.15) is 0 Å². The van der Waals surface area contributed by atoms with E-state index in [0.717, 1.165) is 26.0 Å². The van der Waals surface area contributed by atoms with E-state index in [4.69, 9.17) is 4.74 Å². The standard InChI is InChI=1S/C14H22N2O2S/c1-2-15-9-14(17)16(10-12-5-3-7-18-12)11-13-6-4-8-19-13/h4,6,8,12,15H,2-3,5,7,9-11H2,1H3. The Labute approximate surface area is 118 Å². The summed E-state index contributed by atoms with van der Waals surface area (Å²) >= 11 is 1.70. The monoisotopic (exact) mass is 282 g/mol. The minimum absolute atomic E-state index is 0.158. The molecule has 1 aromatic heterocycles. The third kappa shape index (κ3) is 4.60. The molecule has 1 aliphatic heterocycles. The van der Waals surface area contributed by atoms with Crippen LogP contribution in [-0.2, 0) is 16.1 Å². The second kappa shape index (κ2) is 7.62. The fraction of sp³-hybridized carbons (Fsp3) is 0.643. The summed E-state index contributed by atoms with van der Waals surface area (Å²) in [7, 11) is 0. The number of carbonyl (C=O) groups is 1. The summed E-state index contributed by atoms with van der Waals surface area (Å²) in [5, 5.41) is 5.15. The Morgan fingerprint density at radius 3 is 3.16 bits per heavy atom. The van der Waals surface area contributed by atoms with Gasteiger partial charge in [-0.15, -0.1) is 11.3 Å². The molecule has 0 radical (unpaired) electrons. The molecule has 1 unspecified atom stereocenters. The number of hydrogen-bond acceptors (Lipinski definition) is 4. The molecule has 1 N–H and O–H groups in total. The van der Waals surface area contributed by atoms with E-state index in [9.17, 15) is 4.79 Å². The van der Waals surface area contributed by atoms with Gasteiger partial charge in [-0.25, -0.2) is 0 Å². The maximum atomic E-state index is 12.2. The Morgan fingerprint density at radius 1 is 1.63 bits per heavy atom. The first-order chi connectivity index (χ1) is 9.29. The summed E-state index contributed by atoms with van der Waals surface area (Å²) in [5.74, 6) is 0.158. The Balaban J connectivity index is 1.92. The maximum Gasteiger partial charge on any atom is 0.236 e. The lowest BCUT2D eigenvalue weighted by atomic mass is 10.2. The third-order valence-corrected chi connectivity index (χ3v) is 4.11. The minimum atomic E-state index is 0.158. The molecule has 1 aromatic rings. The molecule has 1 fully saturated rings. The SMILES string of the molecule is CCNCC(=O)N(Cc1cccs1)CC1CCCO1. The number of ether oxygens (including phenoxy) is 1. The number of nitrogens with zero attached hydrogens (tertiary/aromatic N) is 1. The van der Waals surface area contributed by atoms with Gasteiger partial charge in [0.15, 0.2) is 0 Å². The van der Waals surface area contributed by atoms with Crippen LogP contribution in [0.4, 0.5) is 0 Å². The van der Waals surface area contributed by atoms with Gasteiger partial charge in [-0.05, 0) is 30.8 Å². The van der Waals surface area contributed by atoms with Crippen LogP contribution in [-0.4, -0.2) is 43.2 Å². The lowest BCUT2D eigenvalue weighted by Crippen LogP contribution is -2.41. The smallest absolute Gasteiger partial charge is 0.236 e. The van der Waals surface area contributed by atoms with Gasteiger partial charge in [0.05, 0.1) is 19.2 Å². The summed E-state index contributed by atoms with van der Waals surface area (Å²) in [5.41, 5.74) is 0. The van der Waals surface area contributed by atoms with Crippen LogP contribution in [0.1, 0.15) is 24.6 Å². The number of nitrogens with one attached hydrogen (secondary N) is 1. The summed E-state index contributed by atoms with van der Waals surface area (Å²) in [6.07, 6.45) is 2.39. The Hall–Kier alpha value is -0.910. The third-order valence-electron chi connectivity index (χ3n) is 3.25. The Morgan fingerprint density at radius 2 is 2.53 bits per heavy atom. The quantitative estimate of drug-likeness (QED) is 0.830. The largest absolute Gasteiger partial charge is 0.376 e. The molecule has 0 spiro atoms. The molecule has 1 aliphatic rings. The summed E-state index contributed by atoms with van der Waals surface area (Å²) < 4.78 is 5.65. The molecule has 0 bridgehead atoms. The molecule has 0 saturated carbocycles.